The van der Waals surface area contributed by atoms with Crippen LogP contribution in [-0.2, 0) is 4.74 Å². The average Bonchev–Trinajstić information content (AvgIpc) is 3.04. The molecule has 148 valence electrons. The molecule has 1 fully saturated rings. The maximum absolute atomic E-state index is 12.8. The molecule has 1 saturated heterocycles. The van der Waals surface area contributed by atoms with Gasteiger partial charge < -0.3 is 25.2 Å². The molecule has 8 heteroatoms. The van der Waals surface area contributed by atoms with E-state index in [0.717, 1.165) is 26.0 Å². The minimum atomic E-state index is -0.716. The van der Waals surface area contributed by atoms with Crippen molar-refractivity contribution in [3.8, 4) is 5.75 Å². The van der Waals surface area contributed by atoms with E-state index in [9.17, 15) is 9.50 Å². The maximum atomic E-state index is 12.8. The van der Waals surface area contributed by atoms with Crippen LogP contribution in [0.3, 0.4) is 0 Å². The standard InChI is InChI=1S/C18H28FN3O3.HI/c1-3-20-17(22-13-18(2)9-4-10-25-18)21-11-15(23)12-24-16-7-5-14(19)6-8-16;/h5-8,15,23H,3-4,9-13H2,1-2H3,(H2,20,21,22);1H. The fourth-order valence-electron chi connectivity index (χ4n) is 2.55. The summed E-state index contributed by atoms with van der Waals surface area (Å²) in [5.74, 6) is 0.841. The highest BCUT2D eigenvalue weighted by molar-refractivity contribution is 14.0. The van der Waals surface area contributed by atoms with Gasteiger partial charge in [0.15, 0.2) is 5.96 Å². The minimum Gasteiger partial charge on any atom is -0.491 e. The Kier molecular flexibility index (Phi) is 10.2. The van der Waals surface area contributed by atoms with Crippen LogP contribution >= 0.6 is 24.0 Å². The molecule has 1 aliphatic heterocycles. The lowest BCUT2D eigenvalue weighted by molar-refractivity contribution is 0.0283. The molecule has 26 heavy (non-hydrogen) atoms. The summed E-state index contributed by atoms with van der Waals surface area (Å²) >= 11 is 0. The van der Waals surface area contributed by atoms with E-state index in [0.29, 0.717) is 24.8 Å². The van der Waals surface area contributed by atoms with Crippen LogP contribution in [0.1, 0.15) is 26.7 Å². The van der Waals surface area contributed by atoms with Crippen molar-refractivity contribution in [3.63, 3.8) is 0 Å². The molecule has 2 atom stereocenters. The van der Waals surface area contributed by atoms with Gasteiger partial charge in [0, 0.05) is 19.7 Å². The number of aliphatic hydroxyl groups is 1. The smallest absolute Gasteiger partial charge is 0.191 e. The van der Waals surface area contributed by atoms with Crippen LogP contribution < -0.4 is 15.4 Å². The Morgan fingerprint density at radius 2 is 2.12 bits per heavy atom. The summed E-state index contributed by atoms with van der Waals surface area (Å²) in [7, 11) is 0. The number of rotatable bonds is 8. The zero-order valence-corrected chi connectivity index (χ0v) is 17.7. The van der Waals surface area contributed by atoms with Crippen LogP contribution in [0.4, 0.5) is 4.39 Å². The van der Waals surface area contributed by atoms with Crippen LogP contribution in [0, 0.1) is 5.82 Å². The molecule has 0 bridgehead atoms. The second-order valence-electron chi connectivity index (χ2n) is 6.40. The Labute approximate surface area is 171 Å². The van der Waals surface area contributed by atoms with Crippen molar-refractivity contribution in [2.24, 2.45) is 4.99 Å². The van der Waals surface area contributed by atoms with Crippen molar-refractivity contribution in [2.75, 3.05) is 32.8 Å². The van der Waals surface area contributed by atoms with Crippen molar-refractivity contribution in [1.82, 2.24) is 10.6 Å². The third kappa shape index (κ3) is 8.05. The highest BCUT2D eigenvalue weighted by atomic mass is 127. The highest BCUT2D eigenvalue weighted by Crippen LogP contribution is 2.24. The molecule has 2 rings (SSSR count). The van der Waals surface area contributed by atoms with Gasteiger partial charge >= 0.3 is 0 Å². The normalized spacial score (nSPS) is 21.0. The van der Waals surface area contributed by atoms with Gasteiger partial charge in [0.2, 0.25) is 0 Å². The molecule has 0 aromatic heterocycles. The zero-order chi connectivity index (χ0) is 18.1. The fourth-order valence-corrected chi connectivity index (χ4v) is 2.55. The number of aliphatic hydroxyl groups excluding tert-OH is 1. The average molecular weight is 481 g/mol. The Morgan fingerprint density at radius 1 is 1.38 bits per heavy atom. The monoisotopic (exact) mass is 481 g/mol. The molecule has 6 nitrogen and oxygen atoms in total. The molecule has 3 N–H and O–H groups in total. The lowest BCUT2D eigenvalue weighted by atomic mass is 10.0. The summed E-state index contributed by atoms with van der Waals surface area (Å²) in [5, 5.41) is 16.3. The van der Waals surface area contributed by atoms with Gasteiger partial charge in [-0.25, -0.2) is 4.39 Å². The van der Waals surface area contributed by atoms with E-state index < -0.39 is 6.10 Å². The largest absolute Gasteiger partial charge is 0.491 e. The second kappa shape index (κ2) is 11.6. The Bertz CT molecular complexity index is 551. The van der Waals surface area contributed by atoms with Crippen molar-refractivity contribution < 1.29 is 19.0 Å². The predicted molar refractivity (Wildman–Crippen MR) is 111 cm³/mol. The SMILES string of the molecule is CCNC(=NCC1(C)CCCO1)NCC(O)COc1ccc(F)cc1.I. The number of ether oxygens (including phenoxy) is 2. The topological polar surface area (TPSA) is 75.1 Å². The fraction of sp³-hybridized carbons (Fsp3) is 0.611. The number of nitrogens with one attached hydrogen (secondary N) is 2. The van der Waals surface area contributed by atoms with E-state index in [1.807, 2.05) is 6.92 Å². The van der Waals surface area contributed by atoms with Gasteiger partial charge in [-0.1, -0.05) is 0 Å². The van der Waals surface area contributed by atoms with Gasteiger partial charge in [0.05, 0.1) is 12.1 Å². The van der Waals surface area contributed by atoms with Gasteiger partial charge in [0.25, 0.3) is 0 Å². The van der Waals surface area contributed by atoms with Crippen LogP contribution in [0.25, 0.3) is 0 Å². The van der Waals surface area contributed by atoms with Crippen LogP contribution in [0.2, 0.25) is 0 Å². The van der Waals surface area contributed by atoms with Crippen molar-refractivity contribution in [3.05, 3.63) is 30.1 Å². The molecule has 1 aromatic carbocycles. The summed E-state index contributed by atoms with van der Waals surface area (Å²) in [6.45, 7) is 6.55. The molecule has 1 heterocycles. The molecule has 0 spiro atoms. The van der Waals surface area contributed by atoms with E-state index in [4.69, 9.17) is 9.47 Å². The van der Waals surface area contributed by atoms with Crippen molar-refractivity contribution >= 4 is 29.9 Å². The first-order valence-corrected chi connectivity index (χ1v) is 8.73. The number of benzene rings is 1. The number of hydrogen-bond donors (Lipinski definition) is 3. The van der Waals surface area contributed by atoms with E-state index in [1.165, 1.54) is 24.3 Å². The first-order chi connectivity index (χ1) is 12.0. The molecule has 1 aliphatic rings. The Hall–Kier alpha value is -1.13. The first-order valence-electron chi connectivity index (χ1n) is 8.73. The van der Waals surface area contributed by atoms with Gasteiger partial charge in [-0.05, 0) is 51.0 Å². The molecule has 0 aliphatic carbocycles. The van der Waals surface area contributed by atoms with Crippen LogP contribution in [0.5, 0.6) is 5.75 Å². The van der Waals surface area contributed by atoms with E-state index in [-0.39, 0.29) is 42.0 Å². The van der Waals surface area contributed by atoms with E-state index in [2.05, 4.69) is 22.5 Å². The summed E-state index contributed by atoms with van der Waals surface area (Å²) < 4.78 is 24.0. The molecule has 1 aromatic rings. The maximum Gasteiger partial charge on any atom is 0.191 e. The second-order valence-corrected chi connectivity index (χ2v) is 6.40. The zero-order valence-electron chi connectivity index (χ0n) is 15.3. The van der Waals surface area contributed by atoms with Gasteiger partial charge in [-0.15, -0.1) is 24.0 Å². The number of aliphatic imine (C=N–C) groups is 1. The summed E-state index contributed by atoms with van der Waals surface area (Å²) in [5.41, 5.74) is -0.202. The van der Waals surface area contributed by atoms with Gasteiger partial charge in [-0.2, -0.15) is 0 Å². The highest BCUT2D eigenvalue weighted by Gasteiger charge is 2.29. The quantitative estimate of drug-likeness (QED) is 0.302. The van der Waals surface area contributed by atoms with Crippen molar-refractivity contribution in [1.29, 1.82) is 0 Å². The summed E-state index contributed by atoms with van der Waals surface area (Å²) in [4.78, 5) is 4.54. The van der Waals surface area contributed by atoms with Gasteiger partial charge in [-0.3, -0.25) is 4.99 Å². The third-order valence-corrected chi connectivity index (χ3v) is 3.98. The number of nitrogens with zero attached hydrogens (tertiary/aromatic N) is 1. The first kappa shape index (κ1) is 22.9. The minimum absolute atomic E-state index is 0. The Morgan fingerprint density at radius 3 is 2.73 bits per heavy atom. The molecule has 0 amide bonds. The predicted octanol–water partition coefficient (Wildman–Crippen LogP) is 2.31. The van der Waals surface area contributed by atoms with Gasteiger partial charge in [0.1, 0.15) is 24.3 Å². The molecule has 0 radical (unpaired) electrons. The number of halogens is 2. The molecular formula is C18H29FIN3O3. The lowest BCUT2D eigenvalue weighted by Crippen LogP contribution is -2.43. The van der Waals surface area contributed by atoms with E-state index in [1.54, 1.807) is 0 Å². The summed E-state index contributed by atoms with van der Waals surface area (Å²) in [6, 6.07) is 5.70. The Balaban J connectivity index is 0.00000338. The molecule has 0 saturated carbocycles. The summed E-state index contributed by atoms with van der Waals surface area (Å²) in [6.07, 6.45) is 1.35. The molecular weight excluding hydrogens is 452 g/mol. The van der Waals surface area contributed by atoms with Crippen molar-refractivity contribution in [2.45, 2.75) is 38.4 Å². The third-order valence-electron chi connectivity index (χ3n) is 3.98. The van der Waals surface area contributed by atoms with Crippen LogP contribution in [-0.4, -0.2) is 55.6 Å². The molecule has 2 unspecified atom stereocenters. The lowest BCUT2D eigenvalue weighted by Gasteiger charge is -2.22. The van der Waals surface area contributed by atoms with E-state index >= 15 is 0 Å². The number of guanidine groups is 1. The number of hydrogen-bond acceptors (Lipinski definition) is 4. The van der Waals surface area contributed by atoms with Crippen LogP contribution in [0.15, 0.2) is 29.3 Å².